The van der Waals surface area contributed by atoms with Crippen LogP contribution in [0.4, 0.5) is 0 Å². The van der Waals surface area contributed by atoms with E-state index in [9.17, 15) is 24.4 Å². The van der Waals surface area contributed by atoms with Crippen molar-refractivity contribution in [3.05, 3.63) is 33.9 Å². The zero-order chi connectivity index (χ0) is 15.6. The lowest BCUT2D eigenvalue weighted by atomic mass is 9.86. The standard InChI is InChI=1S/C15H13NO4/c1-7(17)11-5-12(8(2)18)15(10(4)20)13(6-16)14(11)9(3)19/h5H,1-4H3. The summed E-state index contributed by atoms with van der Waals surface area (Å²) in [5, 5.41) is 9.23. The van der Waals surface area contributed by atoms with Gasteiger partial charge in [0.15, 0.2) is 23.1 Å². The van der Waals surface area contributed by atoms with E-state index >= 15 is 0 Å². The molecule has 5 nitrogen and oxygen atoms in total. The van der Waals surface area contributed by atoms with Gasteiger partial charge in [0, 0.05) is 22.3 Å². The van der Waals surface area contributed by atoms with Gasteiger partial charge in [0.25, 0.3) is 0 Å². The number of nitriles is 1. The van der Waals surface area contributed by atoms with Gasteiger partial charge in [-0.1, -0.05) is 0 Å². The molecule has 0 heterocycles. The van der Waals surface area contributed by atoms with Crippen molar-refractivity contribution in [2.75, 3.05) is 0 Å². The highest BCUT2D eigenvalue weighted by atomic mass is 16.1. The number of carbonyl (C=O) groups is 4. The number of hydrogen-bond acceptors (Lipinski definition) is 5. The Labute approximate surface area is 116 Å². The molecule has 0 fully saturated rings. The number of ketones is 4. The molecule has 0 unspecified atom stereocenters. The van der Waals surface area contributed by atoms with Crippen molar-refractivity contribution in [2.45, 2.75) is 27.7 Å². The predicted octanol–water partition coefficient (Wildman–Crippen LogP) is 2.37. The van der Waals surface area contributed by atoms with Crippen LogP contribution < -0.4 is 0 Å². The van der Waals surface area contributed by atoms with Crippen LogP contribution in [-0.4, -0.2) is 23.1 Å². The van der Waals surface area contributed by atoms with Crippen molar-refractivity contribution in [1.29, 1.82) is 5.26 Å². The highest BCUT2D eigenvalue weighted by molar-refractivity contribution is 6.16. The van der Waals surface area contributed by atoms with Gasteiger partial charge in [-0.25, -0.2) is 0 Å². The van der Waals surface area contributed by atoms with Gasteiger partial charge in [0.1, 0.15) is 6.07 Å². The van der Waals surface area contributed by atoms with Crippen LogP contribution in [-0.2, 0) is 0 Å². The summed E-state index contributed by atoms with van der Waals surface area (Å²) in [6.45, 7) is 4.89. The maximum Gasteiger partial charge on any atom is 0.161 e. The van der Waals surface area contributed by atoms with Gasteiger partial charge < -0.3 is 0 Å². The van der Waals surface area contributed by atoms with Gasteiger partial charge in [0.2, 0.25) is 0 Å². The summed E-state index contributed by atoms with van der Waals surface area (Å²) >= 11 is 0. The van der Waals surface area contributed by atoms with Gasteiger partial charge >= 0.3 is 0 Å². The molecule has 0 aliphatic heterocycles. The van der Waals surface area contributed by atoms with E-state index in [4.69, 9.17) is 0 Å². The van der Waals surface area contributed by atoms with Crippen LogP contribution >= 0.6 is 0 Å². The Morgan fingerprint density at radius 2 is 1.15 bits per heavy atom. The molecule has 0 saturated heterocycles. The largest absolute Gasteiger partial charge is 0.294 e. The molecule has 0 bridgehead atoms. The minimum absolute atomic E-state index is 0.00995. The maximum absolute atomic E-state index is 11.7. The second-order valence-electron chi connectivity index (χ2n) is 4.43. The number of carbonyl (C=O) groups excluding carboxylic acids is 4. The molecule has 0 N–H and O–H groups in total. The Hall–Kier alpha value is -2.61. The first kappa shape index (κ1) is 15.4. The topological polar surface area (TPSA) is 92.1 Å². The molecule has 102 valence electrons. The Morgan fingerprint density at radius 1 is 0.800 bits per heavy atom. The third kappa shape index (κ3) is 2.54. The normalized spacial score (nSPS) is 9.75. The van der Waals surface area contributed by atoms with Crippen molar-refractivity contribution >= 4 is 23.1 Å². The van der Waals surface area contributed by atoms with Crippen molar-refractivity contribution in [3.8, 4) is 6.07 Å². The van der Waals surface area contributed by atoms with E-state index in [1.54, 1.807) is 6.07 Å². The molecule has 0 amide bonds. The number of nitrogens with zero attached hydrogens (tertiary/aromatic N) is 1. The Balaban J connectivity index is 4.06. The SMILES string of the molecule is CC(=O)c1cc(C(C)=O)c(C(C)=O)c(C#N)c1C(C)=O. The van der Waals surface area contributed by atoms with E-state index in [1.165, 1.54) is 33.8 Å². The minimum Gasteiger partial charge on any atom is -0.294 e. The third-order valence-electron chi connectivity index (χ3n) is 2.90. The molecule has 0 aliphatic rings. The van der Waals surface area contributed by atoms with Gasteiger partial charge in [-0.3, -0.25) is 19.2 Å². The van der Waals surface area contributed by atoms with Crippen LogP contribution in [0.25, 0.3) is 0 Å². The molecule has 1 aromatic carbocycles. The molecule has 1 aromatic rings. The van der Waals surface area contributed by atoms with Gasteiger partial charge in [-0.2, -0.15) is 5.26 Å². The summed E-state index contributed by atoms with van der Waals surface area (Å²) in [7, 11) is 0. The smallest absolute Gasteiger partial charge is 0.161 e. The average Bonchev–Trinajstić information content (AvgIpc) is 2.34. The van der Waals surface area contributed by atoms with Crippen LogP contribution in [0.5, 0.6) is 0 Å². The first-order valence-electron chi connectivity index (χ1n) is 5.87. The summed E-state index contributed by atoms with van der Waals surface area (Å²) in [5.74, 6) is -1.87. The molecule has 0 radical (unpaired) electrons. The molecule has 0 aliphatic carbocycles. The van der Waals surface area contributed by atoms with Gasteiger partial charge in [0.05, 0.1) is 5.56 Å². The Kier molecular flexibility index (Phi) is 4.31. The molecule has 0 aromatic heterocycles. The van der Waals surface area contributed by atoms with E-state index in [2.05, 4.69) is 0 Å². The second kappa shape index (κ2) is 5.57. The van der Waals surface area contributed by atoms with E-state index in [0.29, 0.717) is 0 Å². The van der Waals surface area contributed by atoms with E-state index in [0.717, 1.165) is 0 Å². The first-order chi connectivity index (χ1) is 9.22. The molecule has 0 saturated carbocycles. The number of Topliss-reactive ketones (excluding diaryl/α,β-unsaturated/α-hetero) is 4. The van der Waals surface area contributed by atoms with Crippen LogP contribution in [0.15, 0.2) is 6.07 Å². The maximum atomic E-state index is 11.7. The zero-order valence-electron chi connectivity index (χ0n) is 11.7. The molecule has 20 heavy (non-hydrogen) atoms. The average molecular weight is 271 g/mol. The van der Waals surface area contributed by atoms with Crippen LogP contribution in [0.3, 0.4) is 0 Å². The van der Waals surface area contributed by atoms with E-state index in [1.807, 2.05) is 0 Å². The van der Waals surface area contributed by atoms with Crippen molar-refractivity contribution in [3.63, 3.8) is 0 Å². The van der Waals surface area contributed by atoms with Gasteiger partial charge in [-0.05, 0) is 33.8 Å². The third-order valence-corrected chi connectivity index (χ3v) is 2.90. The Morgan fingerprint density at radius 3 is 1.35 bits per heavy atom. The Bertz CT molecular complexity index is 643. The number of rotatable bonds is 4. The lowest BCUT2D eigenvalue weighted by Crippen LogP contribution is -2.16. The summed E-state index contributed by atoms with van der Waals surface area (Å²) in [4.78, 5) is 46.7. The minimum atomic E-state index is -0.496. The summed E-state index contributed by atoms with van der Waals surface area (Å²) in [5.41, 5.74) is -0.429. The summed E-state index contributed by atoms with van der Waals surface area (Å²) < 4.78 is 0. The molecule has 5 heteroatoms. The van der Waals surface area contributed by atoms with Crippen LogP contribution in [0, 0.1) is 11.3 Å². The highest BCUT2D eigenvalue weighted by Crippen LogP contribution is 2.25. The van der Waals surface area contributed by atoms with E-state index in [-0.39, 0.29) is 27.8 Å². The van der Waals surface area contributed by atoms with Crippen molar-refractivity contribution in [1.82, 2.24) is 0 Å². The summed E-state index contributed by atoms with van der Waals surface area (Å²) in [6.07, 6.45) is 0. The fraction of sp³-hybridized carbons (Fsp3) is 0.267. The predicted molar refractivity (Wildman–Crippen MR) is 71.2 cm³/mol. The first-order valence-corrected chi connectivity index (χ1v) is 5.87. The van der Waals surface area contributed by atoms with E-state index < -0.39 is 23.1 Å². The molecule has 1 rings (SSSR count). The molecular formula is C15H13NO4. The number of benzene rings is 1. The highest BCUT2D eigenvalue weighted by Gasteiger charge is 2.26. The number of hydrogen-bond donors (Lipinski definition) is 0. The summed E-state index contributed by atoms with van der Waals surface area (Å²) in [6, 6.07) is 2.99. The van der Waals surface area contributed by atoms with Crippen LogP contribution in [0.2, 0.25) is 0 Å². The van der Waals surface area contributed by atoms with Gasteiger partial charge in [-0.15, -0.1) is 0 Å². The van der Waals surface area contributed by atoms with Crippen molar-refractivity contribution < 1.29 is 19.2 Å². The molecular weight excluding hydrogens is 258 g/mol. The lowest BCUT2D eigenvalue weighted by Gasteiger charge is -2.13. The zero-order valence-corrected chi connectivity index (χ0v) is 11.7. The fourth-order valence-corrected chi connectivity index (χ4v) is 2.08. The quantitative estimate of drug-likeness (QED) is 0.784. The molecule has 0 atom stereocenters. The fourth-order valence-electron chi connectivity index (χ4n) is 2.08. The second-order valence-corrected chi connectivity index (χ2v) is 4.43. The monoisotopic (exact) mass is 271 g/mol. The molecule has 0 spiro atoms. The van der Waals surface area contributed by atoms with Crippen molar-refractivity contribution in [2.24, 2.45) is 0 Å². The lowest BCUT2D eigenvalue weighted by molar-refractivity contribution is 0.0970. The van der Waals surface area contributed by atoms with Crippen LogP contribution in [0.1, 0.15) is 74.7 Å².